The van der Waals surface area contributed by atoms with Gasteiger partial charge in [0, 0.05) is 44.1 Å². The Morgan fingerprint density at radius 1 is 1.30 bits per heavy atom. The van der Waals surface area contributed by atoms with Crippen LogP contribution in [-0.4, -0.2) is 50.9 Å². The van der Waals surface area contributed by atoms with E-state index in [9.17, 15) is 8.42 Å². The number of halogens is 1. The quantitative estimate of drug-likeness (QED) is 0.396. The molecular formula is C18H24ClN5O2S. The predicted octanol–water partition coefficient (Wildman–Crippen LogP) is 2.11. The van der Waals surface area contributed by atoms with Crippen LogP contribution in [0.2, 0.25) is 5.02 Å². The van der Waals surface area contributed by atoms with Crippen LogP contribution in [0.3, 0.4) is 0 Å². The normalized spacial score (nSPS) is 12.0. The van der Waals surface area contributed by atoms with Gasteiger partial charge in [-0.1, -0.05) is 23.7 Å². The van der Waals surface area contributed by atoms with Crippen molar-refractivity contribution >= 4 is 27.6 Å². The number of rotatable bonds is 8. The maximum Gasteiger partial charge on any atom is 0.242 e. The van der Waals surface area contributed by atoms with E-state index in [1.165, 1.54) is 18.5 Å². The van der Waals surface area contributed by atoms with Crippen LogP contribution in [0.4, 0.5) is 0 Å². The van der Waals surface area contributed by atoms with Gasteiger partial charge in [-0.15, -0.1) is 0 Å². The summed E-state index contributed by atoms with van der Waals surface area (Å²) >= 11 is 6.03. The summed E-state index contributed by atoms with van der Waals surface area (Å²) in [6, 6.07) is 10.7. The molecule has 0 amide bonds. The van der Waals surface area contributed by atoms with Crippen molar-refractivity contribution in [3.63, 3.8) is 0 Å². The first-order valence-corrected chi connectivity index (χ1v) is 10.4. The topological polar surface area (TPSA) is 86.7 Å². The van der Waals surface area contributed by atoms with E-state index < -0.39 is 10.0 Å². The summed E-state index contributed by atoms with van der Waals surface area (Å²) in [6.07, 6.45) is 2.84. The predicted molar refractivity (Wildman–Crippen MR) is 108 cm³/mol. The number of hydrogen-bond donors (Lipinski definition) is 2. The number of nitrogens with zero attached hydrogens (tertiary/aromatic N) is 3. The molecule has 0 radical (unpaired) electrons. The highest BCUT2D eigenvalue weighted by molar-refractivity contribution is 7.89. The van der Waals surface area contributed by atoms with Crippen molar-refractivity contribution in [2.24, 2.45) is 4.99 Å². The Hall–Kier alpha value is -2.16. The van der Waals surface area contributed by atoms with Crippen molar-refractivity contribution < 1.29 is 8.42 Å². The Kier molecular flexibility index (Phi) is 8.02. The van der Waals surface area contributed by atoms with E-state index in [1.807, 2.05) is 43.1 Å². The number of pyridine rings is 1. The summed E-state index contributed by atoms with van der Waals surface area (Å²) in [5, 5.41) is 3.89. The average Bonchev–Trinajstić information content (AvgIpc) is 2.65. The number of aliphatic imine (C=N–C) groups is 1. The maximum absolute atomic E-state index is 12.2. The van der Waals surface area contributed by atoms with Crippen LogP contribution in [0, 0.1) is 0 Å². The highest BCUT2D eigenvalue weighted by Crippen LogP contribution is 2.12. The van der Waals surface area contributed by atoms with Crippen LogP contribution in [0.1, 0.15) is 12.5 Å². The molecule has 0 unspecified atom stereocenters. The van der Waals surface area contributed by atoms with Crippen molar-refractivity contribution in [3.05, 3.63) is 59.4 Å². The first-order chi connectivity index (χ1) is 12.9. The molecule has 0 aliphatic carbocycles. The molecule has 7 nitrogen and oxygen atoms in total. The van der Waals surface area contributed by atoms with Gasteiger partial charge in [-0.2, -0.15) is 0 Å². The van der Waals surface area contributed by atoms with Gasteiger partial charge in [0.05, 0.1) is 6.54 Å². The summed E-state index contributed by atoms with van der Waals surface area (Å²) in [4.78, 5) is 10.4. The molecule has 27 heavy (non-hydrogen) atoms. The van der Waals surface area contributed by atoms with Gasteiger partial charge in [-0.3, -0.25) is 9.98 Å². The lowest BCUT2D eigenvalue weighted by molar-refractivity contribution is 0.477. The van der Waals surface area contributed by atoms with E-state index in [0.29, 0.717) is 30.6 Å². The third-order valence-electron chi connectivity index (χ3n) is 3.62. The number of sulfonamides is 1. The molecular weight excluding hydrogens is 386 g/mol. The number of guanidine groups is 1. The standard InChI is InChI=1S/C18H24ClN5O2S/c1-3-21-18(24(2)14-15-6-4-7-16(19)12-15)22-10-11-23-27(25,26)17-8-5-9-20-13-17/h4-9,12-13,23H,3,10-11,14H2,1-2H3,(H,21,22). The van der Waals surface area contributed by atoms with Gasteiger partial charge >= 0.3 is 0 Å². The van der Waals surface area contributed by atoms with E-state index >= 15 is 0 Å². The van der Waals surface area contributed by atoms with E-state index in [0.717, 1.165) is 5.56 Å². The molecule has 0 spiro atoms. The minimum absolute atomic E-state index is 0.138. The van der Waals surface area contributed by atoms with Gasteiger partial charge in [-0.25, -0.2) is 13.1 Å². The van der Waals surface area contributed by atoms with Crippen LogP contribution >= 0.6 is 11.6 Å². The molecule has 9 heteroatoms. The molecule has 1 aromatic carbocycles. The second kappa shape index (κ2) is 10.2. The van der Waals surface area contributed by atoms with Gasteiger partial charge in [0.2, 0.25) is 10.0 Å². The third-order valence-corrected chi connectivity index (χ3v) is 5.30. The third kappa shape index (κ3) is 6.82. The van der Waals surface area contributed by atoms with E-state index in [1.54, 1.807) is 6.07 Å². The molecule has 0 atom stereocenters. The van der Waals surface area contributed by atoms with Crippen LogP contribution in [0.15, 0.2) is 58.7 Å². The van der Waals surface area contributed by atoms with Crippen molar-refractivity contribution in [3.8, 4) is 0 Å². The molecule has 1 heterocycles. The first-order valence-electron chi connectivity index (χ1n) is 8.56. The van der Waals surface area contributed by atoms with Gasteiger partial charge in [0.15, 0.2) is 5.96 Å². The first kappa shape index (κ1) is 21.1. The van der Waals surface area contributed by atoms with Gasteiger partial charge in [-0.05, 0) is 36.8 Å². The monoisotopic (exact) mass is 409 g/mol. The maximum atomic E-state index is 12.2. The van der Waals surface area contributed by atoms with Crippen LogP contribution in [0.25, 0.3) is 0 Å². The lowest BCUT2D eigenvalue weighted by Gasteiger charge is -2.22. The largest absolute Gasteiger partial charge is 0.357 e. The summed E-state index contributed by atoms with van der Waals surface area (Å²) in [5.41, 5.74) is 1.06. The lowest BCUT2D eigenvalue weighted by Crippen LogP contribution is -2.39. The van der Waals surface area contributed by atoms with Crippen LogP contribution < -0.4 is 10.0 Å². The summed E-state index contributed by atoms with van der Waals surface area (Å²) in [6.45, 7) is 3.82. The fourth-order valence-corrected chi connectivity index (χ4v) is 3.58. The number of nitrogens with one attached hydrogen (secondary N) is 2. The number of aromatic nitrogens is 1. The molecule has 0 bridgehead atoms. The zero-order valence-electron chi connectivity index (χ0n) is 15.4. The Labute approximate surface area is 165 Å². The molecule has 0 fully saturated rings. The van der Waals surface area contributed by atoms with Crippen molar-refractivity contribution in [2.45, 2.75) is 18.4 Å². The molecule has 146 valence electrons. The van der Waals surface area contributed by atoms with E-state index in [4.69, 9.17) is 11.6 Å². The number of hydrogen-bond acceptors (Lipinski definition) is 4. The Balaban J connectivity index is 1.94. The number of benzene rings is 1. The molecule has 0 saturated carbocycles. The highest BCUT2D eigenvalue weighted by Gasteiger charge is 2.13. The van der Waals surface area contributed by atoms with Gasteiger partial charge < -0.3 is 10.2 Å². The van der Waals surface area contributed by atoms with E-state index in [2.05, 4.69) is 20.0 Å². The molecule has 2 aromatic rings. The molecule has 0 aliphatic heterocycles. The van der Waals surface area contributed by atoms with Crippen molar-refractivity contribution in [1.29, 1.82) is 0 Å². The van der Waals surface area contributed by atoms with Crippen LogP contribution in [-0.2, 0) is 16.6 Å². The second-order valence-electron chi connectivity index (χ2n) is 5.81. The molecule has 0 saturated heterocycles. The summed E-state index contributed by atoms with van der Waals surface area (Å²) in [7, 11) is -1.66. The van der Waals surface area contributed by atoms with Crippen molar-refractivity contribution in [1.82, 2.24) is 19.9 Å². The summed E-state index contributed by atoms with van der Waals surface area (Å²) in [5.74, 6) is 0.693. The average molecular weight is 410 g/mol. The zero-order valence-corrected chi connectivity index (χ0v) is 17.0. The second-order valence-corrected chi connectivity index (χ2v) is 8.01. The molecule has 2 rings (SSSR count). The van der Waals surface area contributed by atoms with Crippen molar-refractivity contribution in [2.75, 3.05) is 26.7 Å². The summed E-state index contributed by atoms with van der Waals surface area (Å²) < 4.78 is 26.9. The highest BCUT2D eigenvalue weighted by atomic mass is 35.5. The fourth-order valence-electron chi connectivity index (χ4n) is 2.38. The lowest BCUT2D eigenvalue weighted by atomic mass is 10.2. The smallest absolute Gasteiger partial charge is 0.242 e. The van der Waals surface area contributed by atoms with E-state index in [-0.39, 0.29) is 11.4 Å². The zero-order chi connectivity index (χ0) is 19.7. The Morgan fingerprint density at radius 3 is 2.78 bits per heavy atom. The molecule has 1 aromatic heterocycles. The Morgan fingerprint density at radius 2 is 2.11 bits per heavy atom. The van der Waals surface area contributed by atoms with Crippen LogP contribution in [0.5, 0.6) is 0 Å². The molecule has 2 N–H and O–H groups in total. The van der Waals surface area contributed by atoms with Gasteiger partial charge in [0.1, 0.15) is 4.90 Å². The minimum atomic E-state index is -3.57. The SMILES string of the molecule is CCNC(=NCCNS(=O)(=O)c1cccnc1)N(C)Cc1cccc(Cl)c1. The minimum Gasteiger partial charge on any atom is -0.357 e. The molecule has 0 aliphatic rings. The van der Waals surface area contributed by atoms with Gasteiger partial charge in [0.25, 0.3) is 0 Å². The fraction of sp³-hybridized carbons (Fsp3) is 0.333. The Bertz CT molecular complexity index is 859.